The summed E-state index contributed by atoms with van der Waals surface area (Å²) in [5.74, 6) is -0.262. The highest BCUT2D eigenvalue weighted by molar-refractivity contribution is 9.10. The lowest BCUT2D eigenvalue weighted by molar-refractivity contribution is -0.122. The van der Waals surface area contributed by atoms with Crippen molar-refractivity contribution in [2.24, 2.45) is 0 Å². The van der Waals surface area contributed by atoms with Gasteiger partial charge in [-0.2, -0.15) is 0 Å². The molecule has 5 aromatic carbocycles. The van der Waals surface area contributed by atoms with E-state index in [0.29, 0.717) is 36.0 Å². The molecule has 0 bridgehead atoms. The van der Waals surface area contributed by atoms with E-state index in [4.69, 9.17) is 9.47 Å². The first-order valence-corrected chi connectivity index (χ1v) is 18.8. The Morgan fingerprint density at radius 3 is 1.98 bits per heavy atom. The third-order valence-electron chi connectivity index (χ3n) is 10.2. The molecule has 8 rings (SSSR count). The first kappa shape index (κ1) is 34.4. The minimum Gasteiger partial charge on any atom is -0.490 e. The van der Waals surface area contributed by atoms with Crippen molar-refractivity contribution >= 4 is 51.2 Å². The number of anilines is 2. The topological polar surface area (TPSA) is 88.2 Å². The number of urea groups is 1. The van der Waals surface area contributed by atoms with Crippen molar-refractivity contribution in [2.45, 2.75) is 38.2 Å². The van der Waals surface area contributed by atoms with Gasteiger partial charge in [0.05, 0.1) is 12.3 Å². The molecular weight excluding hydrogens is 730 g/mol. The maximum absolute atomic E-state index is 14.4. The van der Waals surface area contributed by atoms with E-state index in [0.717, 1.165) is 52.0 Å². The molecule has 0 aliphatic carbocycles. The van der Waals surface area contributed by atoms with Crippen LogP contribution in [-0.2, 0) is 16.2 Å². The summed E-state index contributed by atoms with van der Waals surface area (Å²) in [4.78, 5) is 44.9. The number of ether oxygens (including phenoxy) is 2. The maximum Gasteiger partial charge on any atom is 0.335 e. The number of nitrogens with one attached hydrogen (secondary N) is 1. The summed E-state index contributed by atoms with van der Waals surface area (Å²) in [6.07, 6.45) is 3.32. The standard InChI is InChI=1S/C44H38BrN3O5/c1-2-52-40-24-29(15-18-39(40)53-27-28-13-16-32(45)17-14-28)23-38-42(49)46-44(51)48(43(38)50)33-25-36-34(30-9-5-3-6-10-30)19-21-47-22-20-35(37(26-33)41(36)47)31-11-7-4-8-12-31/h3-18,23-26,34-35H,2,19-22,27H2,1H3,(H,46,49,51)/b38-23+/t34-,35+. The second-order valence-electron chi connectivity index (χ2n) is 13.5. The SMILES string of the molecule is CCOc1cc(/C=C2\C(=O)NC(=O)N(c3cc4c5c(c3)[C@H](c3ccccc3)CCN5CC[C@@H]4c3ccccc3)C2=O)ccc1OCc1ccc(Br)cc1. The summed E-state index contributed by atoms with van der Waals surface area (Å²) in [5, 5.41) is 2.44. The molecule has 9 heteroatoms. The van der Waals surface area contributed by atoms with Gasteiger partial charge in [-0.25, -0.2) is 9.69 Å². The summed E-state index contributed by atoms with van der Waals surface area (Å²) in [6, 6.07) is 37.1. The molecule has 8 nitrogen and oxygen atoms in total. The predicted molar refractivity (Wildman–Crippen MR) is 210 cm³/mol. The Morgan fingerprint density at radius 2 is 1.38 bits per heavy atom. The molecule has 3 aliphatic rings. The number of hydrogen-bond acceptors (Lipinski definition) is 6. The minimum absolute atomic E-state index is 0.0803. The number of imide groups is 2. The van der Waals surface area contributed by atoms with Crippen molar-refractivity contribution in [3.05, 3.63) is 159 Å². The summed E-state index contributed by atoms with van der Waals surface area (Å²) in [7, 11) is 0. The zero-order valence-electron chi connectivity index (χ0n) is 29.3. The number of barbiturate groups is 1. The van der Waals surface area contributed by atoms with Gasteiger partial charge in [0.25, 0.3) is 11.8 Å². The number of carbonyl (C=O) groups is 3. The van der Waals surface area contributed by atoms with Crippen LogP contribution in [0.2, 0.25) is 0 Å². The van der Waals surface area contributed by atoms with Crippen LogP contribution < -0.4 is 24.6 Å². The third kappa shape index (κ3) is 6.84. The lowest BCUT2D eigenvalue weighted by atomic mass is 9.76. The maximum atomic E-state index is 14.4. The van der Waals surface area contributed by atoms with Crippen LogP contribution in [0.15, 0.2) is 125 Å². The fourth-order valence-electron chi connectivity index (χ4n) is 7.77. The van der Waals surface area contributed by atoms with E-state index in [2.05, 4.69) is 50.4 Å². The average molecular weight is 769 g/mol. The van der Waals surface area contributed by atoms with Crippen LogP contribution in [0.5, 0.6) is 11.5 Å². The average Bonchev–Trinajstić information content (AvgIpc) is 3.18. The molecule has 2 atom stereocenters. The molecule has 1 N–H and O–H groups in total. The monoisotopic (exact) mass is 767 g/mol. The van der Waals surface area contributed by atoms with E-state index in [9.17, 15) is 14.4 Å². The quantitative estimate of drug-likeness (QED) is 0.119. The van der Waals surface area contributed by atoms with Crippen LogP contribution in [0.1, 0.15) is 65.0 Å². The van der Waals surface area contributed by atoms with E-state index in [1.807, 2.05) is 79.7 Å². The van der Waals surface area contributed by atoms with Gasteiger partial charge in [0, 0.05) is 35.1 Å². The lowest BCUT2D eigenvalue weighted by Gasteiger charge is -2.44. The molecule has 5 aromatic rings. The highest BCUT2D eigenvalue weighted by Gasteiger charge is 2.40. The van der Waals surface area contributed by atoms with Crippen LogP contribution >= 0.6 is 15.9 Å². The van der Waals surface area contributed by atoms with Crippen molar-refractivity contribution in [2.75, 3.05) is 29.5 Å². The van der Waals surface area contributed by atoms with E-state index in [1.54, 1.807) is 18.2 Å². The van der Waals surface area contributed by atoms with E-state index >= 15 is 0 Å². The van der Waals surface area contributed by atoms with Crippen molar-refractivity contribution in [1.82, 2.24) is 5.32 Å². The van der Waals surface area contributed by atoms with E-state index < -0.39 is 17.8 Å². The van der Waals surface area contributed by atoms with E-state index in [1.165, 1.54) is 22.9 Å². The van der Waals surface area contributed by atoms with E-state index in [-0.39, 0.29) is 17.4 Å². The highest BCUT2D eigenvalue weighted by Crippen LogP contribution is 2.50. The Morgan fingerprint density at radius 1 is 0.755 bits per heavy atom. The first-order valence-electron chi connectivity index (χ1n) is 18.0. The van der Waals surface area contributed by atoms with Gasteiger partial charge < -0.3 is 14.4 Å². The molecule has 53 heavy (non-hydrogen) atoms. The summed E-state index contributed by atoms with van der Waals surface area (Å²) < 4.78 is 13.0. The molecule has 0 unspecified atom stereocenters. The number of amides is 4. The van der Waals surface area contributed by atoms with Crippen LogP contribution in [0.4, 0.5) is 16.2 Å². The number of carbonyl (C=O) groups excluding carboxylic acids is 3. The predicted octanol–water partition coefficient (Wildman–Crippen LogP) is 8.97. The summed E-state index contributed by atoms with van der Waals surface area (Å²) in [6.45, 7) is 4.44. The smallest absolute Gasteiger partial charge is 0.335 e. The number of nitrogens with zero attached hydrogens (tertiary/aromatic N) is 2. The van der Waals surface area contributed by atoms with Gasteiger partial charge in [0.15, 0.2) is 11.5 Å². The minimum atomic E-state index is -0.771. The number of hydrogen-bond donors (Lipinski definition) is 1. The number of benzene rings is 5. The first-order chi connectivity index (χ1) is 25.9. The highest BCUT2D eigenvalue weighted by atomic mass is 79.9. The molecule has 3 heterocycles. The van der Waals surface area contributed by atoms with Crippen molar-refractivity contribution in [3.63, 3.8) is 0 Å². The van der Waals surface area contributed by atoms with Gasteiger partial charge in [0.1, 0.15) is 12.2 Å². The Kier molecular flexibility index (Phi) is 9.58. The second-order valence-corrected chi connectivity index (χ2v) is 14.4. The van der Waals surface area contributed by atoms with Gasteiger partial charge in [-0.05, 0) is 95.6 Å². The molecule has 0 saturated carbocycles. The summed E-state index contributed by atoms with van der Waals surface area (Å²) in [5.41, 5.74) is 7.56. The molecule has 0 radical (unpaired) electrons. The molecule has 266 valence electrons. The molecule has 0 spiro atoms. The van der Waals surface area contributed by atoms with Gasteiger partial charge in [-0.15, -0.1) is 0 Å². The van der Waals surface area contributed by atoms with Crippen LogP contribution in [-0.4, -0.2) is 37.5 Å². The fourth-order valence-corrected chi connectivity index (χ4v) is 8.04. The zero-order valence-corrected chi connectivity index (χ0v) is 30.8. The molecule has 4 amide bonds. The molecule has 1 saturated heterocycles. The number of rotatable bonds is 9. The Balaban J connectivity index is 1.17. The Labute approximate surface area is 317 Å². The second kappa shape index (κ2) is 14.8. The van der Waals surface area contributed by atoms with Gasteiger partial charge in [-0.1, -0.05) is 94.8 Å². The van der Waals surface area contributed by atoms with Gasteiger partial charge in [-0.3, -0.25) is 14.9 Å². The van der Waals surface area contributed by atoms with Crippen LogP contribution in [0.3, 0.4) is 0 Å². The normalized spacial score (nSPS) is 18.8. The molecule has 0 aromatic heterocycles. The van der Waals surface area contributed by atoms with Gasteiger partial charge >= 0.3 is 6.03 Å². The fraction of sp³-hybridized carbons (Fsp3) is 0.205. The Bertz CT molecular complexity index is 2150. The number of halogens is 1. The zero-order chi connectivity index (χ0) is 36.5. The molecular formula is C44H38BrN3O5. The molecule has 1 fully saturated rings. The van der Waals surface area contributed by atoms with Crippen LogP contribution in [0.25, 0.3) is 6.08 Å². The molecule has 3 aliphatic heterocycles. The van der Waals surface area contributed by atoms with Gasteiger partial charge in [0.2, 0.25) is 0 Å². The lowest BCUT2D eigenvalue weighted by Crippen LogP contribution is -2.54. The Hall–Kier alpha value is -5.67. The summed E-state index contributed by atoms with van der Waals surface area (Å²) >= 11 is 3.46. The third-order valence-corrected chi connectivity index (χ3v) is 10.8. The van der Waals surface area contributed by atoms with Crippen molar-refractivity contribution in [3.8, 4) is 11.5 Å². The van der Waals surface area contributed by atoms with Crippen LogP contribution in [0, 0.1) is 0 Å². The largest absolute Gasteiger partial charge is 0.490 e. The van der Waals surface area contributed by atoms with Crippen molar-refractivity contribution in [1.29, 1.82) is 0 Å². The van der Waals surface area contributed by atoms with Crippen molar-refractivity contribution < 1.29 is 23.9 Å².